The topological polar surface area (TPSA) is 105 Å². The molecule has 98 valence electrons. The van der Waals surface area contributed by atoms with Crippen LogP contribution in [0.5, 0.6) is 11.5 Å². The normalized spacial score (nSPS) is 10.2. The van der Waals surface area contributed by atoms with Crippen LogP contribution in [0.2, 0.25) is 0 Å². The van der Waals surface area contributed by atoms with Gasteiger partial charge in [0.05, 0.1) is 18.9 Å². The lowest BCUT2D eigenvalue weighted by molar-refractivity contribution is 0.414. The lowest BCUT2D eigenvalue weighted by Gasteiger charge is -2.07. The lowest BCUT2D eigenvalue weighted by atomic mass is 10.3. The van der Waals surface area contributed by atoms with Crippen LogP contribution >= 0.6 is 11.8 Å². The summed E-state index contributed by atoms with van der Waals surface area (Å²) in [5.41, 5.74) is 5.63. The van der Waals surface area contributed by atoms with Gasteiger partial charge >= 0.3 is 0 Å². The van der Waals surface area contributed by atoms with Gasteiger partial charge < -0.3 is 15.6 Å². The summed E-state index contributed by atoms with van der Waals surface area (Å²) in [4.78, 5) is 0.878. The van der Waals surface area contributed by atoms with E-state index in [4.69, 9.17) is 15.9 Å². The summed E-state index contributed by atoms with van der Waals surface area (Å²) in [7, 11) is 1.59. The number of nitrogens with one attached hydrogen (secondary N) is 1. The van der Waals surface area contributed by atoms with Crippen molar-refractivity contribution in [1.29, 1.82) is 5.41 Å². The largest absolute Gasteiger partial charge is 0.505 e. The highest BCUT2D eigenvalue weighted by Gasteiger charge is 2.14. The molecule has 0 saturated heterocycles. The Bertz CT molecular complexity index is 601. The smallest absolute Gasteiger partial charge is 0.149 e. The average molecular weight is 276 g/mol. The second kappa shape index (κ2) is 5.57. The summed E-state index contributed by atoms with van der Waals surface area (Å²) in [6.07, 6.45) is 1.16. The molecule has 19 heavy (non-hydrogen) atoms. The molecule has 2 rings (SSSR count). The van der Waals surface area contributed by atoms with E-state index in [9.17, 15) is 5.11 Å². The quantitative estimate of drug-likeness (QED) is 0.579. The van der Waals surface area contributed by atoms with E-state index < -0.39 is 0 Å². The van der Waals surface area contributed by atoms with Crippen LogP contribution in [-0.2, 0) is 0 Å². The van der Waals surface area contributed by atoms with E-state index in [2.05, 4.69) is 10.2 Å². The lowest BCUT2D eigenvalue weighted by Crippen LogP contribution is -2.13. The van der Waals surface area contributed by atoms with E-state index in [-0.39, 0.29) is 17.1 Å². The Morgan fingerprint density at radius 1 is 1.37 bits per heavy atom. The number of ether oxygens (including phenoxy) is 1. The van der Waals surface area contributed by atoms with Gasteiger partial charge in [-0.1, -0.05) is 11.8 Å². The molecular weight excluding hydrogens is 264 g/mol. The first-order valence-corrected chi connectivity index (χ1v) is 6.14. The molecule has 0 bridgehead atoms. The molecule has 1 aromatic heterocycles. The van der Waals surface area contributed by atoms with Gasteiger partial charge in [-0.3, -0.25) is 5.41 Å². The number of rotatable bonds is 4. The predicted molar refractivity (Wildman–Crippen MR) is 71.8 cm³/mol. The maximum Gasteiger partial charge on any atom is 0.149 e. The number of nitrogens with zero attached hydrogens (tertiary/aromatic N) is 2. The van der Waals surface area contributed by atoms with Gasteiger partial charge in [0.2, 0.25) is 0 Å². The fourth-order valence-electron chi connectivity index (χ4n) is 1.44. The average Bonchev–Trinajstić information content (AvgIpc) is 2.39. The van der Waals surface area contributed by atoms with Gasteiger partial charge in [0.1, 0.15) is 22.4 Å². The molecule has 2 aromatic rings. The van der Waals surface area contributed by atoms with Crippen molar-refractivity contribution in [2.45, 2.75) is 9.92 Å². The Hall–Kier alpha value is -2.28. The van der Waals surface area contributed by atoms with Crippen molar-refractivity contribution in [3.63, 3.8) is 0 Å². The van der Waals surface area contributed by atoms with E-state index in [1.165, 1.54) is 11.8 Å². The summed E-state index contributed by atoms with van der Waals surface area (Å²) in [5.74, 6) is 0.347. The molecule has 0 fully saturated rings. The van der Waals surface area contributed by atoms with Crippen LogP contribution in [-0.4, -0.2) is 28.2 Å². The highest BCUT2D eigenvalue weighted by molar-refractivity contribution is 7.99. The number of nitrogen functional groups attached to an aromatic ring is 1. The molecule has 0 aliphatic rings. The van der Waals surface area contributed by atoms with Crippen LogP contribution in [0, 0.1) is 5.41 Å². The Morgan fingerprint density at radius 3 is 2.63 bits per heavy atom. The van der Waals surface area contributed by atoms with Crippen LogP contribution < -0.4 is 10.5 Å². The van der Waals surface area contributed by atoms with Crippen molar-refractivity contribution in [2.75, 3.05) is 7.11 Å². The Morgan fingerprint density at radius 2 is 2.05 bits per heavy atom. The van der Waals surface area contributed by atoms with Gasteiger partial charge in [0, 0.05) is 4.90 Å². The number of aromatic hydroxyl groups is 1. The van der Waals surface area contributed by atoms with Crippen molar-refractivity contribution >= 4 is 17.6 Å². The molecule has 0 amide bonds. The van der Waals surface area contributed by atoms with Crippen molar-refractivity contribution in [2.24, 2.45) is 5.73 Å². The van der Waals surface area contributed by atoms with Crippen LogP contribution in [0.4, 0.5) is 0 Å². The molecule has 1 heterocycles. The number of nitrogens with two attached hydrogens (primary N) is 1. The summed E-state index contributed by atoms with van der Waals surface area (Å²) in [5, 5.41) is 25.1. The first-order chi connectivity index (χ1) is 9.11. The molecule has 0 radical (unpaired) electrons. The number of hydrogen-bond acceptors (Lipinski definition) is 6. The third-order valence-corrected chi connectivity index (χ3v) is 3.33. The SMILES string of the molecule is COc1ccc(Sc2nncc(O)c2C(=N)N)cc1. The van der Waals surface area contributed by atoms with Crippen LogP contribution in [0.3, 0.4) is 0 Å². The number of hydrogen-bond donors (Lipinski definition) is 3. The first kappa shape index (κ1) is 13.2. The van der Waals surface area contributed by atoms with E-state index in [1.54, 1.807) is 7.11 Å². The van der Waals surface area contributed by atoms with E-state index >= 15 is 0 Å². The Labute approximate surface area is 114 Å². The van der Waals surface area contributed by atoms with Gasteiger partial charge in [-0.05, 0) is 24.3 Å². The van der Waals surface area contributed by atoms with E-state index in [0.717, 1.165) is 16.8 Å². The Kier molecular flexibility index (Phi) is 3.86. The summed E-state index contributed by atoms with van der Waals surface area (Å²) >= 11 is 1.27. The van der Waals surface area contributed by atoms with Gasteiger partial charge in [-0.25, -0.2) is 0 Å². The fourth-order valence-corrected chi connectivity index (χ4v) is 2.34. The maximum atomic E-state index is 9.67. The highest BCUT2D eigenvalue weighted by atomic mass is 32.2. The van der Waals surface area contributed by atoms with Gasteiger partial charge in [0.15, 0.2) is 0 Å². The van der Waals surface area contributed by atoms with Crippen LogP contribution in [0.15, 0.2) is 40.4 Å². The fraction of sp³-hybridized carbons (Fsp3) is 0.0833. The van der Waals surface area contributed by atoms with E-state index in [1.807, 2.05) is 24.3 Å². The summed E-state index contributed by atoms with van der Waals surface area (Å²) < 4.78 is 5.07. The van der Waals surface area contributed by atoms with Crippen LogP contribution in [0.1, 0.15) is 5.56 Å². The van der Waals surface area contributed by atoms with Gasteiger partial charge in [0.25, 0.3) is 0 Å². The minimum atomic E-state index is -0.247. The zero-order chi connectivity index (χ0) is 13.8. The van der Waals surface area contributed by atoms with Gasteiger partial charge in [-0.15, -0.1) is 5.10 Å². The molecule has 0 aliphatic heterocycles. The molecule has 6 nitrogen and oxygen atoms in total. The number of methoxy groups -OCH3 is 1. The minimum Gasteiger partial charge on any atom is -0.505 e. The standard InChI is InChI=1S/C12H12N4O2S/c1-18-7-2-4-8(5-3-7)19-12-10(11(13)14)9(17)6-15-16-12/h2-6H,1H3,(H3,13,14)(H,16,17). The monoisotopic (exact) mass is 276 g/mol. The molecule has 4 N–H and O–H groups in total. The molecular formula is C12H12N4O2S. The first-order valence-electron chi connectivity index (χ1n) is 5.32. The molecule has 0 spiro atoms. The van der Waals surface area contributed by atoms with Gasteiger partial charge in [-0.2, -0.15) is 5.10 Å². The molecule has 0 aliphatic carbocycles. The molecule has 0 unspecified atom stereocenters. The molecule has 0 saturated carbocycles. The second-order valence-electron chi connectivity index (χ2n) is 3.60. The summed E-state index contributed by atoms with van der Waals surface area (Å²) in [6.45, 7) is 0. The summed E-state index contributed by atoms with van der Waals surface area (Å²) in [6, 6.07) is 7.32. The van der Waals surface area contributed by atoms with Crippen molar-refractivity contribution in [3.05, 3.63) is 36.0 Å². The van der Waals surface area contributed by atoms with Crippen LogP contribution in [0.25, 0.3) is 0 Å². The second-order valence-corrected chi connectivity index (χ2v) is 4.66. The predicted octanol–water partition coefficient (Wildman–Crippen LogP) is 1.63. The zero-order valence-corrected chi connectivity index (χ0v) is 10.9. The molecule has 7 heteroatoms. The number of aromatic nitrogens is 2. The van der Waals surface area contributed by atoms with Crippen molar-refractivity contribution < 1.29 is 9.84 Å². The zero-order valence-electron chi connectivity index (χ0n) is 10.1. The van der Waals surface area contributed by atoms with Crippen molar-refractivity contribution in [1.82, 2.24) is 10.2 Å². The number of amidine groups is 1. The van der Waals surface area contributed by atoms with Crippen molar-refractivity contribution in [3.8, 4) is 11.5 Å². The highest BCUT2D eigenvalue weighted by Crippen LogP contribution is 2.32. The number of benzene rings is 1. The third-order valence-electron chi connectivity index (χ3n) is 2.34. The van der Waals surface area contributed by atoms with E-state index in [0.29, 0.717) is 5.03 Å². The Balaban J connectivity index is 2.32. The third kappa shape index (κ3) is 2.94. The molecule has 0 atom stereocenters. The molecule has 1 aromatic carbocycles. The maximum absolute atomic E-state index is 9.67. The minimum absolute atomic E-state index is 0.154.